The minimum atomic E-state index is -1.08. The summed E-state index contributed by atoms with van der Waals surface area (Å²) in [7, 11) is 0. The van der Waals surface area contributed by atoms with Gasteiger partial charge in [0.05, 0.1) is 20.8 Å². The fraction of sp³-hybridized carbons (Fsp3) is 0.333. The van der Waals surface area contributed by atoms with E-state index in [0.29, 0.717) is 10.6 Å². The molecule has 2 aromatic carbocycles. The Morgan fingerprint density at radius 1 is 1.22 bits per heavy atom. The van der Waals surface area contributed by atoms with E-state index in [1.165, 1.54) is 0 Å². The lowest BCUT2D eigenvalue weighted by atomic mass is 9.91. The Morgan fingerprint density at radius 3 is 2.41 bits per heavy atom. The number of rotatable bonds is 4. The molecular weight excluding hydrogens is 382 g/mol. The smallest absolute Gasteiger partial charge is 0.337 e. The van der Waals surface area contributed by atoms with Gasteiger partial charge in [0.2, 0.25) is 0 Å². The second-order valence-electron chi connectivity index (χ2n) is 7.52. The van der Waals surface area contributed by atoms with Crippen LogP contribution in [0.2, 0.25) is 5.02 Å². The Morgan fingerprint density at radius 2 is 1.85 bits per heavy atom. The fourth-order valence-electron chi connectivity index (χ4n) is 3.15. The molecule has 0 radical (unpaired) electrons. The van der Waals surface area contributed by atoms with E-state index < -0.39 is 17.7 Å². The Balaban J connectivity index is 2.36. The Labute approximate surface area is 167 Å². The van der Waals surface area contributed by atoms with E-state index in [4.69, 9.17) is 16.3 Å². The number of halogens is 1. The number of carboxylic acid groups (broad SMARTS) is 1. The SMILES string of the molecule is Cc1nc2cc(C)c([C@H](OC(C)(C)C)C(=O)O)c(-c3ccc(Cl)cc3)c2s1. The molecule has 4 nitrogen and oxygen atoms in total. The summed E-state index contributed by atoms with van der Waals surface area (Å²) < 4.78 is 6.92. The molecule has 0 fully saturated rings. The number of aryl methyl sites for hydroxylation is 2. The quantitative estimate of drug-likeness (QED) is 0.565. The van der Waals surface area contributed by atoms with E-state index in [2.05, 4.69) is 4.98 Å². The molecule has 0 saturated heterocycles. The fourth-order valence-corrected chi connectivity index (χ4v) is 4.25. The summed E-state index contributed by atoms with van der Waals surface area (Å²) in [6, 6.07) is 9.37. The maximum Gasteiger partial charge on any atom is 0.337 e. The lowest BCUT2D eigenvalue weighted by Crippen LogP contribution is -2.28. The summed E-state index contributed by atoms with van der Waals surface area (Å²) >= 11 is 7.62. The van der Waals surface area contributed by atoms with Crippen LogP contribution in [0.3, 0.4) is 0 Å². The molecule has 0 aliphatic heterocycles. The Kier molecular flexibility index (Phi) is 5.30. The van der Waals surface area contributed by atoms with Crippen molar-refractivity contribution in [3.63, 3.8) is 0 Å². The average molecular weight is 404 g/mol. The molecular formula is C21H22ClNO3S. The summed E-state index contributed by atoms with van der Waals surface area (Å²) in [6.07, 6.45) is -1.08. The zero-order chi connectivity index (χ0) is 19.9. The van der Waals surface area contributed by atoms with Crippen LogP contribution in [0.1, 0.15) is 43.0 Å². The highest BCUT2D eigenvalue weighted by Gasteiger charge is 2.32. The second kappa shape index (κ2) is 7.23. The van der Waals surface area contributed by atoms with Gasteiger partial charge in [-0.1, -0.05) is 23.7 Å². The van der Waals surface area contributed by atoms with Crippen molar-refractivity contribution >= 4 is 39.1 Å². The molecule has 6 heteroatoms. The molecule has 0 amide bonds. The van der Waals surface area contributed by atoms with Crippen molar-refractivity contribution in [2.75, 3.05) is 0 Å². The third-order valence-electron chi connectivity index (χ3n) is 4.13. The number of thiazole rings is 1. The van der Waals surface area contributed by atoms with Gasteiger partial charge in [0, 0.05) is 16.1 Å². The first-order valence-corrected chi connectivity index (χ1v) is 9.83. The maximum absolute atomic E-state index is 12.2. The topological polar surface area (TPSA) is 59.4 Å². The normalized spacial score (nSPS) is 13.1. The minimum absolute atomic E-state index is 0.606. The van der Waals surface area contributed by atoms with Gasteiger partial charge in [0.1, 0.15) is 0 Å². The molecule has 3 aromatic rings. The highest BCUT2D eigenvalue weighted by atomic mass is 35.5. The third kappa shape index (κ3) is 4.15. The Hall–Kier alpha value is -1.95. The number of hydrogen-bond donors (Lipinski definition) is 1. The number of benzene rings is 2. The summed E-state index contributed by atoms with van der Waals surface area (Å²) in [6.45, 7) is 9.43. The highest BCUT2D eigenvalue weighted by Crippen LogP contribution is 2.42. The predicted octanol–water partition coefficient (Wildman–Crippen LogP) is 6.17. The summed E-state index contributed by atoms with van der Waals surface area (Å²) in [5.41, 5.74) is 3.51. The number of carboxylic acids is 1. The van der Waals surface area contributed by atoms with Crippen LogP contribution in [0.25, 0.3) is 21.3 Å². The van der Waals surface area contributed by atoms with Crippen LogP contribution in [-0.4, -0.2) is 21.7 Å². The van der Waals surface area contributed by atoms with Crippen molar-refractivity contribution < 1.29 is 14.6 Å². The molecule has 0 bridgehead atoms. The number of ether oxygens (including phenoxy) is 1. The molecule has 0 aliphatic rings. The molecule has 1 aromatic heterocycles. The third-order valence-corrected chi connectivity index (χ3v) is 5.38. The average Bonchev–Trinajstić information content (AvgIpc) is 2.91. The molecule has 1 atom stereocenters. The van der Waals surface area contributed by atoms with Crippen LogP contribution in [0.15, 0.2) is 30.3 Å². The van der Waals surface area contributed by atoms with Gasteiger partial charge >= 0.3 is 5.97 Å². The van der Waals surface area contributed by atoms with Gasteiger partial charge in [-0.2, -0.15) is 0 Å². The van der Waals surface area contributed by atoms with Crippen LogP contribution < -0.4 is 0 Å². The number of hydrogen-bond acceptors (Lipinski definition) is 4. The molecule has 0 spiro atoms. The molecule has 3 rings (SSSR count). The summed E-state index contributed by atoms with van der Waals surface area (Å²) in [5.74, 6) is -1.01. The van der Waals surface area contributed by atoms with Gasteiger partial charge in [0.25, 0.3) is 0 Å². The van der Waals surface area contributed by atoms with E-state index in [-0.39, 0.29) is 0 Å². The molecule has 27 heavy (non-hydrogen) atoms. The van der Waals surface area contributed by atoms with Crippen LogP contribution in [0.4, 0.5) is 0 Å². The summed E-state index contributed by atoms with van der Waals surface area (Å²) in [5, 5.41) is 11.5. The second-order valence-corrected chi connectivity index (χ2v) is 9.16. The zero-order valence-electron chi connectivity index (χ0n) is 16.0. The largest absolute Gasteiger partial charge is 0.479 e. The molecule has 0 aliphatic carbocycles. The van der Waals surface area contributed by atoms with Crippen molar-refractivity contribution in [1.29, 1.82) is 0 Å². The van der Waals surface area contributed by atoms with E-state index in [1.807, 2.05) is 65.0 Å². The molecule has 1 heterocycles. The highest BCUT2D eigenvalue weighted by molar-refractivity contribution is 7.19. The van der Waals surface area contributed by atoms with Gasteiger partial charge in [0.15, 0.2) is 6.10 Å². The van der Waals surface area contributed by atoms with Crippen LogP contribution in [0.5, 0.6) is 0 Å². The lowest BCUT2D eigenvalue weighted by Gasteiger charge is -2.28. The number of aromatic nitrogens is 1. The first-order chi connectivity index (χ1) is 12.6. The van der Waals surface area contributed by atoms with E-state index in [9.17, 15) is 9.90 Å². The maximum atomic E-state index is 12.2. The number of nitrogens with zero attached hydrogens (tertiary/aromatic N) is 1. The first kappa shape index (κ1) is 19.8. The minimum Gasteiger partial charge on any atom is -0.479 e. The molecule has 0 unspecified atom stereocenters. The predicted molar refractivity (Wildman–Crippen MR) is 111 cm³/mol. The van der Waals surface area contributed by atoms with Gasteiger partial charge in [-0.05, 0) is 63.9 Å². The van der Waals surface area contributed by atoms with Gasteiger partial charge in [-0.25, -0.2) is 9.78 Å². The monoisotopic (exact) mass is 403 g/mol. The van der Waals surface area contributed by atoms with Crippen LogP contribution in [0, 0.1) is 13.8 Å². The van der Waals surface area contributed by atoms with Crippen molar-refractivity contribution in [3.8, 4) is 11.1 Å². The molecule has 142 valence electrons. The van der Waals surface area contributed by atoms with Gasteiger partial charge < -0.3 is 9.84 Å². The van der Waals surface area contributed by atoms with Crippen LogP contribution in [-0.2, 0) is 9.53 Å². The lowest BCUT2D eigenvalue weighted by molar-refractivity contribution is -0.160. The molecule has 1 N–H and O–H groups in total. The van der Waals surface area contributed by atoms with E-state index in [0.717, 1.165) is 31.9 Å². The first-order valence-electron chi connectivity index (χ1n) is 8.64. The van der Waals surface area contributed by atoms with Gasteiger partial charge in [-0.15, -0.1) is 11.3 Å². The van der Waals surface area contributed by atoms with Crippen molar-refractivity contribution in [2.45, 2.75) is 46.3 Å². The number of fused-ring (bicyclic) bond motifs is 1. The van der Waals surface area contributed by atoms with Crippen molar-refractivity contribution in [1.82, 2.24) is 4.98 Å². The van der Waals surface area contributed by atoms with E-state index in [1.54, 1.807) is 11.3 Å². The van der Waals surface area contributed by atoms with Crippen molar-refractivity contribution in [2.24, 2.45) is 0 Å². The number of aliphatic carboxylic acids is 1. The standard InChI is InChI=1S/C21H22ClNO3S/c1-11-10-15-19(27-12(2)23-15)17(13-6-8-14(22)9-7-13)16(11)18(20(24)25)26-21(3,4)5/h6-10,18H,1-5H3,(H,24,25)/t18-/m0/s1. The van der Waals surface area contributed by atoms with Crippen LogP contribution >= 0.6 is 22.9 Å². The zero-order valence-corrected chi connectivity index (χ0v) is 17.5. The number of carbonyl (C=O) groups is 1. The van der Waals surface area contributed by atoms with E-state index >= 15 is 0 Å². The Bertz CT molecular complexity index is 1000. The molecule has 0 saturated carbocycles. The summed E-state index contributed by atoms with van der Waals surface area (Å²) in [4.78, 5) is 16.8. The van der Waals surface area contributed by atoms with Crippen molar-refractivity contribution in [3.05, 3.63) is 51.5 Å². The van der Waals surface area contributed by atoms with Gasteiger partial charge in [-0.3, -0.25) is 0 Å².